The van der Waals surface area contributed by atoms with Gasteiger partial charge in [0.25, 0.3) is 0 Å². The van der Waals surface area contributed by atoms with Crippen molar-refractivity contribution < 1.29 is 73.8 Å². The summed E-state index contributed by atoms with van der Waals surface area (Å²) in [5.41, 5.74) is -0.378. The molecule has 0 aliphatic carbocycles. The van der Waals surface area contributed by atoms with Crippen LogP contribution in [0.2, 0.25) is 0 Å². The van der Waals surface area contributed by atoms with Crippen molar-refractivity contribution in [3.8, 4) is 5.75 Å². The molecule has 0 fully saturated rings. The topological polar surface area (TPSA) is 18.5 Å². The van der Waals surface area contributed by atoms with Gasteiger partial charge in [-0.2, -0.15) is 0 Å². The van der Waals surface area contributed by atoms with Crippen LogP contribution in [0.4, 0.5) is 12.9 Å². The Balaban J connectivity index is 0.00000361. The fourth-order valence-corrected chi connectivity index (χ4v) is 1.64. The van der Waals surface area contributed by atoms with Gasteiger partial charge in [-0.15, -0.1) is 5.46 Å². The normalized spacial score (nSPS) is 11.3. The van der Waals surface area contributed by atoms with Gasteiger partial charge in [0.05, 0.1) is 6.61 Å². The molecule has 1 aromatic carbocycles. The molecule has 0 spiro atoms. The van der Waals surface area contributed by atoms with Gasteiger partial charge in [-0.3, -0.25) is 0 Å². The molecular formula is C13H19BF3KO2. The second-order valence-electron chi connectivity index (χ2n) is 4.91. The number of halogens is 3. The van der Waals surface area contributed by atoms with E-state index in [-0.39, 0.29) is 56.9 Å². The van der Waals surface area contributed by atoms with Crippen molar-refractivity contribution in [1.82, 2.24) is 0 Å². The predicted octanol–water partition coefficient (Wildman–Crippen LogP) is 0.105. The maximum absolute atomic E-state index is 12.6. The summed E-state index contributed by atoms with van der Waals surface area (Å²) in [4.78, 5) is 0. The van der Waals surface area contributed by atoms with E-state index < -0.39 is 12.4 Å². The first kappa shape index (κ1) is 20.5. The molecule has 0 amide bonds. The largest absolute Gasteiger partial charge is 1.00 e. The number of rotatable bonds is 7. The number of ether oxygens (including phenoxy) is 2. The van der Waals surface area contributed by atoms with Crippen molar-refractivity contribution in [2.45, 2.75) is 20.8 Å². The summed E-state index contributed by atoms with van der Waals surface area (Å²) in [5.74, 6) is 0.894. The van der Waals surface area contributed by atoms with Crippen molar-refractivity contribution in [3.05, 3.63) is 23.8 Å². The first-order valence-corrected chi connectivity index (χ1v) is 6.31. The first-order chi connectivity index (χ1) is 8.80. The Kier molecular flexibility index (Phi) is 9.70. The average molecular weight is 314 g/mol. The second-order valence-corrected chi connectivity index (χ2v) is 4.91. The Labute approximate surface area is 160 Å². The van der Waals surface area contributed by atoms with E-state index in [0.29, 0.717) is 31.5 Å². The molecule has 0 saturated heterocycles. The van der Waals surface area contributed by atoms with E-state index in [9.17, 15) is 12.9 Å². The minimum atomic E-state index is -4.96. The summed E-state index contributed by atoms with van der Waals surface area (Å²) in [5, 5.41) is 0. The Morgan fingerprint density at radius 2 is 1.80 bits per heavy atom. The van der Waals surface area contributed by atoms with Crippen LogP contribution in [0.5, 0.6) is 5.75 Å². The molecule has 0 aliphatic heterocycles. The molecule has 1 rings (SSSR count). The molecule has 0 unspecified atom stereocenters. The van der Waals surface area contributed by atoms with Crippen LogP contribution >= 0.6 is 0 Å². The van der Waals surface area contributed by atoms with Crippen LogP contribution in [0, 0.1) is 12.8 Å². The SMILES string of the molecule is Cc1cc(OCCOCC(C)C)ccc1[B-](F)(F)F.[K+]. The fourth-order valence-electron chi connectivity index (χ4n) is 1.64. The average Bonchev–Trinajstić information content (AvgIpc) is 2.26. The summed E-state index contributed by atoms with van der Waals surface area (Å²) >= 11 is 0. The maximum Gasteiger partial charge on any atom is 1.00 e. The van der Waals surface area contributed by atoms with E-state index in [1.807, 2.05) is 13.8 Å². The molecule has 1 aromatic rings. The summed E-state index contributed by atoms with van der Waals surface area (Å²) in [7, 11) is 0. The van der Waals surface area contributed by atoms with Crippen LogP contribution in [-0.4, -0.2) is 26.8 Å². The van der Waals surface area contributed by atoms with Crippen LogP contribution in [0.1, 0.15) is 19.4 Å². The summed E-state index contributed by atoms with van der Waals surface area (Å²) < 4.78 is 48.5. The van der Waals surface area contributed by atoms with Crippen LogP contribution in [0.25, 0.3) is 0 Å². The Morgan fingerprint density at radius 1 is 1.15 bits per heavy atom. The number of aryl methyl sites for hydroxylation is 1. The van der Waals surface area contributed by atoms with Crippen LogP contribution in [0.3, 0.4) is 0 Å². The van der Waals surface area contributed by atoms with Crippen LogP contribution in [-0.2, 0) is 4.74 Å². The van der Waals surface area contributed by atoms with E-state index in [2.05, 4.69) is 0 Å². The van der Waals surface area contributed by atoms with Gasteiger partial charge in [-0.25, -0.2) is 0 Å². The van der Waals surface area contributed by atoms with Gasteiger partial charge in [0.2, 0.25) is 0 Å². The molecule has 0 heterocycles. The molecule has 20 heavy (non-hydrogen) atoms. The Morgan fingerprint density at radius 3 is 2.30 bits per heavy atom. The molecule has 0 N–H and O–H groups in total. The van der Waals surface area contributed by atoms with Gasteiger partial charge in [0.1, 0.15) is 12.4 Å². The quantitative estimate of drug-likeness (QED) is 0.525. The molecule has 0 aromatic heterocycles. The summed E-state index contributed by atoms with van der Waals surface area (Å²) in [6.07, 6.45) is 0. The van der Waals surface area contributed by atoms with Gasteiger partial charge >= 0.3 is 58.4 Å². The molecule has 0 atom stereocenters. The van der Waals surface area contributed by atoms with E-state index >= 15 is 0 Å². The molecular weight excluding hydrogens is 295 g/mol. The Hall–Kier alpha value is 0.471. The van der Waals surface area contributed by atoms with E-state index in [4.69, 9.17) is 9.47 Å². The van der Waals surface area contributed by atoms with Gasteiger partial charge in [-0.1, -0.05) is 25.5 Å². The van der Waals surface area contributed by atoms with E-state index in [1.54, 1.807) is 0 Å². The minimum Gasteiger partial charge on any atom is -0.491 e. The van der Waals surface area contributed by atoms with E-state index in [0.717, 1.165) is 6.07 Å². The van der Waals surface area contributed by atoms with Crippen molar-refractivity contribution >= 4 is 12.4 Å². The zero-order valence-corrected chi connectivity index (χ0v) is 15.6. The second kappa shape index (κ2) is 9.48. The Bertz CT molecular complexity index is 411. The molecule has 0 saturated carbocycles. The van der Waals surface area contributed by atoms with E-state index in [1.165, 1.54) is 19.1 Å². The number of benzene rings is 1. The smallest absolute Gasteiger partial charge is 0.491 e. The van der Waals surface area contributed by atoms with Crippen molar-refractivity contribution in [3.63, 3.8) is 0 Å². The van der Waals surface area contributed by atoms with Crippen LogP contribution in [0.15, 0.2) is 18.2 Å². The van der Waals surface area contributed by atoms with Gasteiger partial charge in [-0.05, 0) is 25.0 Å². The van der Waals surface area contributed by atoms with Crippen molar-refractivity contribution in [2.24, 2.45) is 5.92 Å². The third-order valence-electron chi connectivity index (χ3n) is 2.54. The summed E-state index contributed by atoms with van der Waals surface area (Å²) in [6, 6.07) is 3.83. The number of hydrogen-bond donors (Lipinski definition) is 0. The standard InChI is InChI=1S/C13H19BF3O2.K/c1-10(2)9-18-6-7-19-12-4-5-13(11(3)8-12)14(15,16)17;/h4-5,8,10H,6-7,9H2,1-3H3;/q-1;+1. The number of hydrogen-bond acceptors (Lipinski definition) is 2. The molecule has 0 aliphatic rings. The van der Waals surface area contributed by atoms with Crippen LogP contribution < -0.4 is 61.6 Å². The maximum atomic E-state index is 12.6. The molecule has 0 bridgehead atoms. The summed E-state index contributed by atoms with van der Waals surface area (Å²) in [6.45, 7) is 1.99. The predicted molar refractivity (Wildman–Crippen MR) is 71.0 cm³/mol. The zero-order valence-electron chi connectivity index (χ0n) is 12.5. The van der Waals surface area contributed by atoms with Crippen molar-refractivity contribution in [2.75, 3.05) is 19.8 Å². The van der Waals surface area contributed by atoms with Crippen molar-refractivity contribution in [1.29, 1.82) is 0 Å². The minimum absolute atomic E-state index is 0. The van der Waals surface area contributed by atoms with Gasteiger partial charge in [0, 0.05) is 6.61 Å². The molecule has 108 valence electrons. The third kappa shape index (κ3) is 7.47. The van der Waals surface area contributed by atoms with Gasteiger partial charge < -0.3 is 22.4 Å². The van der Waals surface area contributed by atoms with Gasteiger partial charge in [0.15, 0.2) is 0 Å². The monoisotopic (exact) mass is 314 g/mol. The zero-order chi connectivity index (χ0) is 14.5. The molecule has 7 heteroatoms. The first-order valence-electron chi connectivity index (χ1n) is 6.31. The molecule has 0 radical (unpaired) electrons. The molecule has 2 nitrogen and oxygen atoms in total. The third-order valence-corrected chi connectivity index (χ3v) is 2.54. The fraction of sp³-hybridized carbons (Fsp3) is 0.538.